The largest absolute Gasteiger partial charge is 0.307 e. The van der Waals surface area contributed by atoms with Gasteiger partial charge in [0.1, 0.15) is 11.6 Å². The summed E-state index contributed by atoms with van der Waals surface area (Å²) >= 11 is 0. The van der Waals surface area contributed by atoms with Gasteiger partial charge in [-0.25, -0.2) is 14.4 Å². The molecule has 2 aromatic rings. The van der Waals surface area contributed by atoms with E-state index in [1.165, 1.54) is 6.07 Å². The summed E-state index contributed by atoms with van der Waals surface area (Å²) in [5, 5.41) is 3.37. The van der Waals surface area contributed by atoms with E-state index in [0.717, 1.165) is 30.9 Å². The van der Waals surface area contributed by atoms with Gasteiger partial charge in [-0.05, 0) is 44.5 Å². The SMILES string of the molecule is Cc1cc(-c2ccccc2F)nc(C2CCCN2)n1. The van der Waals surface area contributed by atoms with Crippen LogP contribution in [0.25, 0.3) is 11.3 Å². The molecular weight excluding hydrogens is 241 g/mol. The minimum Gasteiger partial charge on any atom is -0.307 e. The number of benzene rings is 1. The summed E-state index contributed by atoms with van der Waals surface area (Å²) in [6, 6.07) is 8.75. The second-order valence-corrected chi connectivity index (χ2v) is 4.88. The average molecular weight is 257 g/mol. The highest BCUT2D eigenvalue weighted by atomic mass is 19.1. The van der Waals surface area contributed by atoms with E-state index in [0.29, 0.717) is 11.3 Å². The lowest BCUT2D eigenvalue weighted by Crippen LogP contribution is -2.16. The van der Waals surface area contributed by atoms with Crippen LogP contribution >= 0.6 is 0 Å². The Morgan fingerprint density at radius 2 is 2.11 bits per heavy atom. The zero-order valence-electron chi connectivity index (χ0n) is 10.9. The highest BCUT2D eigenvalue weighted by Gasteiger charge is 2.20. The lowest BCUT2D eigenvalue weighted by atomic mass is 10.1. The minimum absolute atomic E-state index is 0.199. The predicted molar refractivity (Wildman–Crippen MR) is 72.1 cm³/mol. The minimum atomic E-state index is -0.245. The van der Waals surface area contributed by atoms with E-state index in [2.05, 4.69) is 15.3 Å². The molecule has 0 amide bonds. The molecule has 3 rings (SSSR count). The highest BCUT2D eigenvalue weighted by Crippen LogP contribution is 2.25. The number of nitrogens with one attached hydrogen (secondary N) is 1. The van der Waals surface area contributed by atoms with Crippen LogP contribution in [-0.4, -0.2) is 16.5 Å². The first-order valence-corrected chi connectivity index (χ1v) is 6.58. The fourth-order valence-electron chi connectivity index (χ4n) is 2.46. The molecule has 0 aliphatic carbocycles. The molecule has 1 atom stereocenters. The molecule has 1 unspecified atom stereocenters. The molecule has 1 N–H and O–H groups in total. The van der Waals surface area contributed by atoms with Gasteiger partial charge in [-0.2, -0.15) is 0 Å². The molecule has 1 aromatic carbocycles. The zero-order valence-corrected chi connectivity index (χ0v) is 10.9. The van der Waals surface area contributed by atoms with E-state index in [9.17, 15) is 4.39 Å². The number of aromatic nitrogens is 2. The van der Waals surface area contributed by atoms with Gasteiger partial charge in [-0.3, -0.25) is 0 Å². The first-order chi connectivity index (χ1) is 9.24. The van der Waals surface area contributed by atoms with Crippen LogP contribution in [0.2, 0.25) is 0 Å². The molecule has 1 aliphatic rings. The Hall–Kier alpha value is -1.81. The fraction of sp³-hybridized carbons (Fsp3) is 0.333. The summed E-state index contributed by atoms with van der Waals surface area (Å²) in [7, 11) is 0. The van der Waals surface area contributed by atoms with Crippen molar-refractivity contribution in [2.45, 2.75) is 25.8 Å². The van der Waals surface area contributed by atoms with Crippen molar-refractivity contribution >= 4 is 0 Å². The van der Waals surface area contributed by atoms with Gasteiger partial charge in [0.15, 0.2) is 0 Å². The van der Waals surface area contributed by atoms with E-state index in [1.54, 1.807) is 12.1 Å². The van der Waals surface area contributed by atoms with Gasteiger partial charge in [-0.1, -0.05) is 12.1 Å². The Kier molecular flexibility index (Phi) is 3.25. The summed E-state index contributed by atoms with van der Waals surface area (Å²) in [5.41, 5.74) is 2.07. The molecule has 1 aromatic heterocycles. The maximum Gasteiger partial charge on any atom is 0.146 e. The number of nitrogens with zero attached hydrogens (tertiary/aromatic N) is 2. The van der Waals surface area contributed by atoms with Crippen molar-refractivity contribution in [3.63, 3.8) is 0 Å². The van der Waals surface area contributed by atoms with Crippen LogP contribution < -0.4 is 5.32 Å². The van der Waals surface area contributed by atoms with E-state index in [4.69, 9.17) is 0 Å². The van der Waals surface area contributed by atoms with E-state index in [1.807, 2.05) is 19.1 Å². The molecule has 1 aliphatic heterocycles. The van der Waals surface area contributed by atoms with Crippen LogP contribution in [0, 0.1) is 12.7 Å². The smallest absolute Gasteiger partial charge is 0.146 e. The molecule has 98 valence electrons. The second kappa shape index (κ2) is 5.05. The van der Waals surface area contributed by atoms with Crippen LogP contribution in [0.3, 0.4) is 0 Å². The van der Waals surface area contributed by atoms with Gasteiger partial charge in [0, 0.05) is 11.3 Å². The van der Waals surface area contributed by atoms with Crippen LogP contribution in [-0.2, 0) is 0 Å². The van der Waals surface area contributed by atoms with Gasteiger partial charge >= 0.3 is 0 Å². The Labute approximate surface area is 111 Å². The van der Waals surface area contributed by atoms with E-state index in [-0.39, 0.29) is 11.9 Å². The normalized spacial score (nSPS) is 18.7. The quantitative estimate of drug-likeness (QED) is 0.898. The predicted octanol–water partition coefficient (Wildman–Crippen LogP) is 3.02. The summed E-state index contributed by atoms with van der Waals surface area (Å²) in [5.74, 6) is 0.529. The Balaban J connectivity index is 2.04. The van der Waals surface area contributed by atoms with Crippen molar-refractivity contribution in [3.8, 4) is 11.3 Å². The van der Waals surface area contributed by atoms with Crippen LogP contribution in [0.4, 0.5) is 4.39 Å². The summed E-state index contributed by atoms with van der Waals surface area (Å²) in [6.45, 7) is 2.92. The molecule has 2 heterocycles. The molecule has 19 heavy (non-hydrogen) atoms. The second-order valence-electron chi connectivity index (χ2n) is 4.88. The molecular formula is C15H16FN3. The first-order valence-electron chi connectivity index (χ1n) is 6.58. The maximum absolute atomic E-state index is 13.8. The lowest BCUT2D eigenvalue weighted by Gasteiger charge is -2.11. The number of hydrogen-bond acceptors (Lipinski definition) is 3. The number of aryl methyl sites for hydroxylation is 1. The van der Waals surface area contributed by atoms with Gasteiger partial charge in [0.25, 0.3) is 0 Å². The van der Waals surface area contributed by atoms with E-state index < -0.39 is 0 Å². The molecule has 0 saturated carbocycles. The van der Waals surface area contributed by atoms with Gasteiger partial charge in [0.2, 0.25) is 0 Å². The van der Waals surface area contributed by atoms with Crippen molar-refractivity contribution in [2.24, 2.45) is 0 Å². The summed E-state index contributed by atoms with van der Waals surface area (Å²) < 4.78 is 13.8. The Bertz CT molecular complexity index is 592. The van der Waals surface area contributed by atoms with Crippen LogP contribution in [0.5, 0.6) is 0 Å². The van der Waals surface area contributed by atoms with Crippen molar-refractivity contribution in [2.75, 3.05) is 6.54 Å². The topological polar surface area (TPSA) is 37.8 Å². The zero-order chi connectivity index (χ0) is 13.2. The van der Waals surface area contributed by atoms with Crippen molar-refractivity contribution in [1.82, 2.24) is 15.3 Å². The van der Waals surface area contributed by atoms with E-state index >= 15 is 0 Å². The molecule has 4 heteroatoms. The fourth-order valence-corrected chi connectivity index (χ4v) is 2.46. The van der Waals surface area contributed by atoms with Crippen molar-refractivity contribution in [1.29, 1.82) is 0 Å². The monoisotopic (exact) mass is 257 g/mol. The molecule has 0 radical (unpaired) electrons. The third-order valence-electron chi connectivity index (χ3n) is 3.39. The Morgan fingerprint density at radius 1 is 1.26 bits per heavy atom. The molecule has 1 fully saturated rings. The third-order valence-corrected chi connectivity index (χ3v) is 3.39. The molecule has 3 nitrogen and oxygen atoms in total. The maximum atomic E-state index is 13.8. The Morgan fingerprint density at radius 3 is 2.84 bits per heavy atom. The van der Waals surface area contributed by atoms with Crippen LogP contribution in [0.1, 0.15) is 30.4 Å². The highest BCUT2D eigenvalue weighted by molar-refractivity contribution is 5.60. The first kappa shape index (κ1) is 12.2. The van der Waals surface area contributed by atoms with Gasteiger partial charge in [0.05, 0.1) is 11.7 Å². The number of rotatable bonds is 2. The van der Waals surface area contributed by atoms with Crippen molar-refractivity contribution < 1.29 is 4.39 Å². The van der Waals surface area contributed by atoms with Crippen LogP contribution in [0.15, 0.2) is 30.3 Å². The third kappa shape index (κ3) is 2.49. The van der Waals surface area contributed by atoms with Gasteiger partial charge < -0.3 is 5.32 Å². The number of hydrogen-bond donors (Lipinski definition) is 1. The van der Waals surface area contributed by atoms with Crippen molar-refractivity contribution in [3.05, 3.63) is 47.7 Å². The average Bonchev–Trinajstić information content (AvgIpc) is 2.92. The lowest BCUT2D eigenvalue weighted by molar-refractivity contribution is 0.601. The summed E-state index contributed by atoms with van der Waals surface area (Å²) in [6.07, 6.45) is 2.18. The van der Waals surface area contributed by atoms with Gasteiger partial charge in [-0.15, -0.1) is 0 Å². The number of halogens is 1. The standard InChI is InChI=1S/C15H16FN3/c1-10-9-14(11-5-2-3-6-12(11)16)19-15(18-10)13-7-4-8-17-13/h2-3,5-6,9,13,17H,4,7-8H2,1H3. The molecule has 1 saturated heterocycles. The summed E-state index contributed by atoms with van der Waals surface area (Å²) in [4.78, 5) is 9.01. The molecule has 0 bridgehead atoms. The molecule has 0 spiro atoms.